The van der Waals surface area contributed by atoms with E-state index in [1.807, 2.05) is 24.3 Å². The number of halogens is 2. The van der Waals surface area contributed by atoms with Gasteiger partial charge < -0.3 is 5.32 Å². The van der Waals surface area contributed by atoms with Crippen LogP contribution in [0.2, 0.25) is 10.2 Å². The van der Waals surface area contributed by atoms with E-state index in [9.17, 15) is 4.79 Å². The van der Waals surface area contributed by atoms with Crippen molar-refractivity contribution in [2.45, 2.75) is 19.9 Å². The van der Waals surface area contributed by atoms with Gasteiger partial charge in [-0.1, -0.05) is 54.4 Å². The Morgan fingerprint density at radius 1 is 1.15 bits per heavy atom. The molecule has 0 bridgehead atoms. The minimum atomic E-state index is -0.330. The van der Waals surface area contributed by atoms with E-state index in [0.29, 0.717) is 6.54 Å². The van der Waals surface area contributed by atoms with Gasteiger partial charge in [-0.3, -0.25) is 4.79 Å². The minimum absolute atomic E-state index is 0.146. The van der Waals surface area contributed by atoms with Crippen LogP contribution in [0.3, 0.4) is 0 Å². The molecule has 0 fully saturated rings. The van der Waals surface area contributed by atoms with E-state index >= 15 is 0 Å². The summed E-state index contributed by atoms with van der Waals surface area (Å²) in [6, 6.07) is 11.1. The first kappa shape index (κ1) is 14.8. The molecule has 2 rings (SSSR count). The Balaban J connectivity index is 2.11. The fraction of sp³-hybridized carbons (Fsp3) is 0.200. The number of carbonyl (C=O) groups excluding carboxylic acids is 1. The number of nitrogens with one attached hydrogen (secondary N) is 1. The number of amides is 1. The average molecular weight is 309 g/mol. The molecule has 0 aliphatic heterocycles. The molecule has 0 aliphatic rings. The smallest absolute Gasteiger partial charge is 0.271 e. The van der Waals surface area contributed by atoms with Crippen LogP contribution in [-0.4, -0.2) is 10.9 Å². The van der Waals surface area contributed by atoms with Crippen LogP contribution in [0.5, 0.6) is 0 Å². The standard InChI is InChI=1S/C15H14Cl2N2O/c1-2-10-5-3-4-6-11(10)9-18-15(20)14-12(16)7-8-13(17)19-14/h3-8H,2,9H2,1H3,(H,18,20). The van der Waals surface area contributed by atoms with E-state index in [0.717, 1.165) is 12.0 Å². The predicted octanol–water partition coefficient (Wildman–Crippen LogP) is 3.88. The lowest BCUT2D eigenvalue weighted by molar-refractivity contribution is 0.0946. The lowest BCUT2D eigenvalue weighted by Crippen LogP contribution is -2.24. The van der Waals surface area contributed by atoms with Crippen LogP contribution >= 0.6 is 23.2 Å². The number of aryl methyl sites for hydroxylation is 1. The molecule has 0 unspecified atom stereocenters. The third-order valence-corrected chi connectivity index (χ3v) is 3.48. The molecule has 3 nitrogen and oxygen atoms in total. The van der Waals surface area contributed by atoms with E-state index in [1.54, 1.807) is 12.1 Å². The first-order valence-corrected chi connectivity index (χ1v) is 7.04. The number of hydrogen-bond acceptors (Lipinski definition) is 2. The zero-order chi connectivity index (χ0) is 14.5. The van der Waals surface area contributed by atoms with Crippen molar-refractivity contribution in [2.75, 3.05) is 0 Å². The molecule has 2 aromatic rings. The summed E-state index contributed by atoms with van der Waals surface area (Å²) >= 11 is 11.7. The van der Waals surface area contributed by atoms with Gasteiger partial charge in [0.05, 0.1) is 5.02 Å². The highest BCUT2D eigenvalue weighted by atomic mass is 35.5. The van der Waals surface area contributed by atoms with Gasteiger partial charge in [-0.05, 0) is 29.7 Å². The van der Waals surface area contributed by atoms with Gasteiger partial charge in [-0.2, -0.15) is 0 Å². The molecule has 0 spiro atoms. The zero-order valence-corrected chi connectivity index (χ0v) is 12.5. The van der Waals surface area contributed by atoms with Gasteiger partial charge in [-0.15, -0.1) is 0 Å². The summed E-state index contributed by atoms with van der Waals surface area (Å²) in [7, 11) is 0. The quantitative estimate of drug-likeness (QED) is 0.871. The molecule has 0 saturated carbocycles. The molecule has 1 amide bonds. The van der Waals surface area contributed by atoms with E-state index in [-0.39, 0.29) is 21.8 Å². The van der Waals surface area contributed by atoms with Crippen molar-refractivity contribution in [3.8, 4) is 0 Å². The predicted molar refractivity (Wildman–Crippen MR) is 81.2 cm³/mol. The van der Waals surface area contributed by atoms with Gasteiger partial charge in [0, 0.05) is 6.54 Å². The molecule has 1 heterocycles. The second-order valence-electron chi connectivity index (χ2n) is 4.27. The summed E-state index contributed by atoms with van der Waals surface area (Å²) < 4.78 is 0. The maximum atomic E-state index is 12.1. The van der Waals surface area contributed by atoms with Crippen molar-refractivity contribution in [3.05, 3.63) is 63.4 Å². The summed E-state index contributed by atoms with van der Waals surface area (Å²) in [6.07, 6.45) is 0.919. The number of carbonyl (C=O) groups is 1. The molecule has 20 heavy (non-hydrogen) atoms. The Morgan fingerprint density at radius 3 is 2.55 bits per heavy atom. The fourth-order valence-corrected chi connectivity index (χ4v) is 2.25. The van der Waals surface area contributed by atoms with Gasteiger partial charge in [0.1, 0.15) is 10.8 Å². The second-order valence-corrected chi connectivity index (χ2v) is 5.06. The first-order chi connectivity index (χ1) is 9.61. The molecule has 5 heteroatoms. The molecule has 1 aromatic heterocycles. The van der Waals surface area contributed by atoms with Crippen LogP contribution in [0, 0.1) is 0 Å². The summed E-state index contributed by atoms with van der Waals surface area (Å²) in [5.74, 6) is -0.330. The number of rotatable bonds is 4. The third-order valence-electron chi connectivity index (χ3n) is 2.97. The van der Waals surface area contributed by atoms with E-state index < -0.39 is 0 Å². The number of nitrogens with zero attached hydrogens (tertiary/aromatic N) is 1. The highest BCUT2D eigenvalue weighted by molar-refractivity contribution is 6.34. The summed E-state index contributed by atoms with van der Waals surface area (Å²) in [4.78, 5) is 16.0. The Labute approximate surface area is 127 Å². The largest absolute Gasteiger partial charge is 0.347 e. The monoisotopic (exact) mass is 308 g/mol. The fourth-order valence-electron chi connectivity index (χ4n) is 1.91. The van der Waals surface area contributed by atoms with Crippen LogP contribution in [0.1, 0.15) is 28.5 Å². The topological polar surface area (TPSA) is 42.0 Å². The van der Waals surface area contributed by atoms with Gasteiger partial charge in [-0.25, -0.2) is 4.98 Å². The summed E-state index contributed by atoms with van der Waals surface area (Å²) in [5.41, 5.74) is 2.44. The van der Waals surface area contributed by atoms with Crippen molar-refractivity contribution in [1.29, 1.82) is 0 Å². The van der Waals surface area contributed by atoms with Gasteiger partial charge in [0.2, 0.25) is 0 Å². The lowest BCUT2D eigenvalue weighted by Gasteiger charge is -2.09. The molecular formula is C15H14Cl2N2O. The van der Waals surface area contributed by atoms with Gasteiger partial charge in [0.15, 0.2) is 0 Å². The Morgan fingerprint density at radius 2 is 1.85 bits per heavy atom. The zero-order valence-electron chi connectivity index (χ0n) is 11.0. The van der Waals surface area contributed by atoms with Crippen LogP contribution in [0.4, 0.5) is 0 Å². The second kappa shape index (κ2) is 6.73. The maximum absolute atomic E-state index is 12.1. The maximum Gasteiger partial charge on any atom is 0.271 e. The van der Waals surface area contributed by atoms with Crippen molar-refractivity contribution in [1.82, 2.24) is 10.3 Å². The minimum Gasteiger partial charge on any atom is -0.347 e. The average Bonchev–Trinajstić information content (AvgIpc) is 2.47. The SMILES string of the molecule is CCc1ccccc1CNC(=O)c1nc(Cl)ccc1Cl. The van der Waals surface area contributed by atoms with E-state index in [4.69, 9.17) is 23.2 Å². The molecule has 0 aliphatic carbocycles. The molecular weight excluding hydrogens is 295 g/mol. The number of hydrogen-bond donors (Lipinski definition) is 1. The van der Waals surface area contributed by atoms with Crippen molar-refractivity contribution in [3.63, 3.8) is 0 Å². The Hall–Kier alpha value is -1.58. The summed E-state index contributed by atoms with van der Waals surface area (Å²) in [6.45, 7) is 2.52. The van der Waals surface area contributed by atoms with Crippen molar-refractivity contribution >= 4 is 29.1 Å². The lowest BCUT2D eigenvalue weighted by atomic mass is 10.1. The highest BCUT2D eigenvalue weighted by Gasteiger charge is 2.13. The Bertz CT molecular complexity index is 629. The van der Waals surface area contributed by atoms with E-state index in [1.165, 1.54) is 5.56 Å². The molecule has 0 atom stereocenters. The van der Waals surface area contributed by atoms with Crippen LogP contribution in [0.25, 0.3) is 0 Å². The molecule has 1 N–H and O–H groups in total. The van der Waals surface area contributed by atoms with Crippen molar-refractivity contribution in [2.24, 2.45) is 0 Å². The molecule has 104 valence electrons. The number of aromatic nitrogens is 1. The molecule has 0 saturated heterocycles. The molecule has 1 aromatic carbocycles. The van der Waals surface area contributed by atoms with E-state index in [2.05, 4.69) is 17.2 Å². The van der Waals surface area contributed by atoms with Crippen molar-refractivity contribution < 1.29 is 4.79 Å². The Kier molecular flexibility index (Phi) is 4.99. The van der Waals surface area contributed by atoms with Gasteiger partial charge >= 0.3 is 0 Å². The molecule has 0 radical (unpaired) electrons. The first-order valence-electron chi connectivity index (χ1n) is 6.29. The van der Waals surface area contributed by atoms with Gasteiger partial charge in [0.25, 0.3) is 5.91 Å². The third kappa shape index (κ3) is 3.50. The van der Waals surface area contributed by atoms with Crippen LogP contribution in [0.15, 0.2) is 36.4 Å². The normalized spacial score (nSPS) is 10.3. The van der Waals surface area contributed by atoms with Crippen LogP contribution < -0.4 is 5.32 Å². The highest BCUT2D eigenvalue weighted by Crippen LogP contribution is 2.17. The summed E-state index contributed by atoms with van der Waals surface area (Å²) in [5, 5.41) is 3.35. The van der Waals surface area contributed by atoms with Crippen LogP contribution in [-0.2, 0) is 13.0 Å². The number of benzene rings is 1. The number of pyridine rings is 1.